The summed E-state index contributed by atoms with van der Waals surface area (Å²) in [5, 5.41) is 2.65. The summed E-state index contributed by atoms with van der Waals surface area (Å²) in [5.74, 6) is 5.69. The number of hydrogen-bond acceptors (Lipinski definition) is 4. The lowest BCUT2D eigenvalue weighted by atomic mass is 9.98. The molecule has 0 aliphatic heterocycles. The average Bonchev–Trinajstić information content (AvgIpc) is 3.09. The minimum atomic E-state index is -0.504. The van der Waals surface area contributed by atoms with Gasteiger partial charge < -0.3 is 10.1 Å². The molecule has 1 N–H and O–H groups in total. The number of carbonyl (C=O) groups excluding carboxylic acids is 2. The van der Waals surface area contributed by atoms with Gasteiger partial charge in [-0.1, -0.05) is 60.4 Å². The first kappa shape index (κ1) is 19.4. The van der Waals surface area contributed by atoms with Crippen molar-refractivity contribution in [3.8, 4) is 23.0 Å². The monoisotopic (exact) mass is 396 g/mol. The van der Waals surface area contributed by atoms with Crippen molar-refractivity contribution in [1.29, 1.82) is 0 Å². The van der Waals surface area contributed by atoms with Crippen molar-refractivity contribution in [3.63, 3.8) is 0 Å². The van der Waals surface area contributed by atoms with E-state index in [-0.39, 0.29) is 24.9 Å². The average molecular weight is 396 g/mol. The molecule has 3 aromatic rings. The number of nitrogens with one attached hydrogen (secondary N) is 1. The number of ether oxygens (including phenoxy) is 1. The Hall–Kier alpha value is -3.91. The third-order valence-corrected chi connectivity index (χ3v) is 5.02. The van der Waals surface area contributed by atoms with Crippen LogP contribution in [0.1, 0.15) is 40.0 Å². The van der Waals surface area contributed by atoms with E-state index in [4.69, 9.17) is 4.74 Å². The standard InChI is InChI=1S/C25H20N2O3/c1-17(28)24-13-12-18(15-27-24)7-6-14-26-25(29)30-16-23-21-10-4-2-8-19(21)20-9-3-5-11-22(20)23/h2-5,8-13,15,23H,14,16H2,1H3,(H,26,29). The Morgan fingerprint density at radius 2 is 1.67 bits per heavy atom. The molecule has 1 aliphatic carbocycles. The number of carbonyl (C=O) groups is 2. The van der Waals surface area contributed by atoms with Crippen LogP contribution in [0.4, 0.5) is 4.79 Å². The third-order valence-electron chi connectivity index (χ3n) is 5.02. The highest BCUT2D eigenvalue weighted by atomic mass is 16.5. The van der Waals surface area contributed by atoms with E-state index in [1.807, 2.05) is 24.3 Å². The summed E-state index contributed by atoms with van der Waals surface area (Å²) < 4.78 is 5.47. The highest BCUT2D eigenvalue weighted by Crippen LogP contribution is 2.44. The summed E-state index contributed by atoms with van der Waals surface area (Å²) in [5.41, 5.74) is 5.81. The molecular weight excluding hydrogens is 376 g/mol. The van der Waals surface area contributed by atoms with Crippen LogP contribution in [0.25, 0.3) is 11.1 Å². The second-order valence-electron chi connectivity index (χ2n) is 6.97. The van der Waals surface area contributed by atoms with E-state index in [1.165, 1.54) is 35.4 Å². The van der Waals surface area contributed by atoms with Gasteiger partial charge in [-0.05, 0) is 34.4 Å². The maximum Gasteiger partial charge on any atom is 0.407 e. The smallest absolute Gasteiger partial charge is 0.407 e. The molecule has 0 spiro atoms. The lowest BCUT2D eigenvalue weighted by Crippen LogP contribution is -2.26. The van der Waals surface area contributed by atoms with Crippen molar-refractivity contribution in [2.24, 2.45) is 0 Å². The summed E-state index contributed by atoms with van der Waals surface area (Å²) in [7, 11) is 0. The fourth-order valence-corrected chi connectivity index (χ4v) is 3.59. The van der Waals surface area contributed by atoms with Crippen molar-refractivity contribution in [1.82, 2.24) is 10.3 Å². The predicted molar refractivity (Wildman–Crippen MR) is 114 cm³/mol. The summed E-state index contributed by atoms with van der Waals surface area (Å²) in [6.07, 6.45) is 1.04. The summed E-state index contributed by atoms with van der Waals surface area (Å²) in [6.45, 7) is 1.89. The van der Waals surface area contributed by atoms with Gasteiger partial charge in [-0.3, -0.25) is 9.78 Å². The molecule has 1 amide bonds. The quantitative estimate of drug-likeness (QED) is 0.531. The Bertz CT molecular complexity index is 1110. The molecule has 0 saturated heterocycles. The minimum absolute atomic E-state index is 0.0279. The van der Waals surface area contributed by atoms with Crippen molar-refractivity contribution >= 4 is 11.9 Å². The topological polar surface area (TPSA) is 68.3 Å². The van der Waals surface area contributed by atoms with E-state index in [0.29, 0.717) is 11.3 Å². The molecule has 1 aromatic heterocycles. The van der Waals surface area contributed by atoms with E-state index in [1.54, 1.807) is 12.1 Å². The minimum Gasteiger partial charge on any atom is -0.449 e. The number of Topliss-reactive ketones (excluding diaryl/α,β-unsaturated/α-hetero) is 1. The van der Waals surface area contributed by atoms with Crippen LogP contribution in [-0.2, 0) is 4.74 Å². The molecule has 0 unspecified atom stereocenters. The molecule has 5 nitrogen and oxygen atoms in total. The van der Waals surface area contributed by atoms with Crippen LogP contribution in [0.5, 0.6) is 0 Å². The number of rotatable bonds is 4. The Kier molecular flexibility index (Phi) is 5.58. The van der Waals surface area contributed by atoms with Gasteiger partial charge in [0.1, 0.15) is 12.3 Å². The number of fused-ring (bicyclic) bond motifs is 3. The maximum atomic E-state index is 12.1. The van der Waals surface area contributed by atoms with Gasteiger partial charge in [0.05, 0.1) is 6.54 Å². The van der Waals surface area contributed by atoms with Gasteiger partial charge in [-0.25, -0.2) is 4.79 Å². The van der Waals surface area contributed by atoms with Crippen LogP contribution in [-0.4, -0.2) is 30.0 Å². The molecule has 30 heavy (non-hydrogen) atoms. The van der Waals surface area contributed by atoms with Crippen LogP contribution in [0, 0.1) is 11.8 Å². The van der Waals surface area contributed by atoms with Crippen molar-refractivity contribution in [2.75, 3.05) is 13.2 Å². The van der Waals surface area contributed by atoms with E-state index in [9.17, 15) is 9.59 Å². The van der Waals surface area contributed by atoms with Gasteiger partial charge in [-0.2, -0.15) is 0 Å². The van der Waals surface area contributed by atoms with Gasteiger partial charge in [0.15, 0.2) is 5.78 Å². The molecule has 0 fully saturated rings. The fraction of sp³-hybridized carbons (Fsp3) is 0.160. The van der Waals surface area contributed by atoms with Gasteiger partial charge in [0.2, 0.25) is 0 Å². The van der Waals surface area contributed by atoms with Crippen LogP contribution >= 0.6 is 0 Å². The number of hydrogen-bond donors (Lipinski definition) is 1. The van der Waals surface area contributed by atoms with Gasteiger partial charge in [0.25, 0.3) is 0 Å². The Morgan fingerprint density at radius 3 is 2.27 bits per heavy atom. The zero-order valence-corrected chi connectivity index (χ0v) is 16.5. The van der Waals surface area contributed by atoms with Crippen molar-refractivity contribution in [2.45, 2.75) is 12.8 Å². The van der Waals surface area contributed by atoms with Crippen LogP contribution in [0.15, 0.2) is 66.9 Å². The fourth-order valence-electron chi connectivity index (χ4n) is 3.59. The van der Waals surface area contributed by atoms with Crippen LogP contribution in [0.2, 0.25) is 0 Å². The van der Waals surface area contributed by atoms with E-state index in [2.05, 4.69) is 46.4 Å². The highest BCUT2D eigenvalue weighted by molar-refractivity contribution is 5.92. The van der Waals surface area contributed by atoms with Gasteiger partial charge in [-0.15, -0.1) is 0 Å². The van der Waals surface area contributed by atoms with Crippen molar-refractivity contribution < 1.29 is 14.3 Å². The molecule has 0 radical (unpaired) electrons. The summed E-state index contributed by atoms with van der Waals surface area (Å²) in [4.78, 5) is 27.4. The van der Waals surface area contributed by atoms with E-state index >= 15 is 0 Å². The number of alkyl carbamates (subject to hydrolysis) is 1. The molecule has 2 aromatic carbocycles. The number of aromatic nitrogens is 1. The van der Waals surface area contributed by atoms with Gasteiger partial charge in [0, 0.05) is 24.6 Å². The Morgan fingerprint density at radius 1 is 1.00 bits per heavy atom. The SMILES string of the molecule is CC(=O)c1ccc(C#CCNC(=O)OCC2c3ccccc3-c3ccccc32)cn1. The second-order valence-corrected chi connectivity index (χ2v) is 6.97. The number of amides is 1. The normalized spacial score (nSPS) is 11.6. The van der Waals surface area contributed by atoms with Gasteiger partial charge >= 0.3 is 6.09 Å². The molecule has 0 bridgehead atoms. The summed E-state index contributed by atoms with van der Waals surface area (Å²) >= 11 is 0. The number of pyridine rings is 1. The molecular formula is C25H20N2O3. The molecule has 1 aliphatic rings. The first-order chi connectivity index (χ1) is 14.6. The first-order valence-electron chi connectivity index (χ1n) is 9.68. The Balaban J connectivity index is 1.32. The predicted octanol–water partition coefficient (Wildman–Crippen LogP) is 4.17. The zero-order valence-electron chi connectivity index (χ0n) is 16.5. The Labute approximate surface area is 175 Å². The maximum absolute atomic E-state index is 12.1. The second kappa shape index (κ2) is 8.62. The van der Waals surface area contributed by atoms with E-state index in [0.717, 1.165) is 0 Å². The molecule has 1 heterocycles. The number of benzene rings is 2. The lowest BCUT2D eigenvalue weighted by Gasteiger charge is -2.14. The summed E-state index contributed by atoms with van der Waals surface area (Å²) in [6, 6.07) is 19.8. The number of ketones is 1. The molecule has 148 valence electrons. The number of nitrogens with zero attached hydrogens (tertiary/aromatic N) is 1. The third kappa shape index (κ3) is 4.08. The highest BCUT2D eigenvalue weighted by Gasteiger charge is 2.28. The zero-order chi connectivity index (χ0) is 20.9. The molecule has 5 heteroatoms. The molecule has 4 rings (SSSR count). The van der Waals surface area contributed by atoms with Crippen LogP contribution < -0.4 is 5.32 Å². The van der Waals surface area contributed by atoms with Crippen LogP contribution in [0.3, 0.4) is 0 Å². The molecule has 0 saturated carbocycles. The largest absolute Gasteiger partial charge is 0.449 e. The first-order valence-corrected chi connectivity index (χ1v) is 9.68. The van der Waals surface area contributed by atoms with Crippen molar-refractivity contribution in [3.05, 3.63) is 89.2 Å². The lowest BCUT2D eigenvalue weighted by molar-refractivity contribution is 0.101. The van der Waals surface area contributed by atoms with E-state index < -0.39 is 6.09 Å². The molecule has 0 atom stereocenters.